The van der Waals surface area contributed by atoms with Gasteiger partial charge in [0.15, 0.2) is 0 Å². The average Bonchev–Trinajstić information content (AvgIpc) is 2.84. The van der Waals surface area contributed by atoms with Crippen LogP contribution in [0.3, 0.4) is 0 Å². The van der Waals surface area contributed by atoms with Crippen LogP contribution in [0.1, 0.15) is 25.7 Å². The zero-order chi connectivity index (χ0) is 14.8. The van der Waals surface area contributed by atoms with Crippen molar-refractivity contribution in [2.75, 3.05) is 13.2 Å². The minimum Gasteiger partial charge on any atom is -0.396 e. The second kappa shape index (κ2) is 6.39. The molecule has 1 heterocycles. The quantitative estimate of drug-likeness (QED) is 0.906. The van der Waals surface area contributed by atoms with Crippen LogP contribution in [0.25, 0.3) is 0 Å². The number of hydrogen-bond acceptors (Lipinski definition) is 3. The minimum atomic E-state index is -3.85. The molecule has 1 aromatic carbocycles. The first-order valence-corrected chi connectivity index (χ1v) is 8.36. The van der Waals surface area contributed by atoms with Crippen molar-refractivity contribution in [3.63, 3.8) is 0 Å². The number of hydrogen-bond donors (Lipinski definition) is 1. The Morgan fingerprint density at radius 1 is 1.45 bits per heavy atom. The van der Waals surface area contributed by atoms with Crippen LogP contribution in [0, 0.1) is 5.82 Å². The maximum atomic E-state index is 13.8. The van der Waals surface area contributed by atoms with Gasteiger partial charge in [-0.25, -0.2) is 12.8 Å². The van der Waals surface area contributed by atoms with E-state index in [9.17, 15) is 12.8 Å². The van der Waals surface area contributed by atoms with Gasteiger partial charge in [0.2, 0.25) is 10.0 Å². The summed E-state index contributed by atoms with van der Waals surface area (Å²) < 4.78 is 40.2. The Morgan fingerprint density at radius 2 is 2.20 bits per heavy atom. The highest BCUT2D eigenvalue weighted by Crippen LogP contribution is 2.30. The minimum absolute atomic E-state index is 0.0275. The molecule has 1 aliphatic rings. The molecule has 0 spiro atoms. The van der Waals surface area contributed by atoms with E-state index < -0.39 is 15.8 Å². The van der Waals surface area contributed by atoms with Crippen LogP contribution in [0.5, 0.6) is 0 Å². The molecular formula is C13H17ClFNO3S. The molecule has 1 unspecified atom stereocenters. The van der Waals surface area contributed by atoms with Gasteiger partial charge in [-0.2, -0.15) is 4.31 Å². The Kier molecular flexibility index (Phi) is 5.01. The number of sulfonamides is 1. The Labute approximate surface area is 123 Å². The molecule has 0 aromatic heterocycles. The van der Waals surface area contributed by atoms with Gasteiger partial charge < -0.3 is 5.11 Å². The van der Waals surface area contributed by atoms with E-state index in [1.165, 1.54) is 16.4 Å². The molecule has 0 aliphatic carbocycles. The molecule has 0 bridgehead atoms. The highest BCUT2D eigenvalue weighted by Gasteiger charge is 2.36. The first-order chi connectivity index (χ1) is 9.46. The van der Waals surface area contributed by atoms with E-state index in [2.05, 4.69) is 0 Å². The number of benzene rings is 1. The van der Waals surface area contributed by atoms with E-state index in [1.54, 1.807) is 0 Å². The van der Waals surface area contributed by atoms with Crippen molar-refractivity contribution in [3.05, 3.63) is 29.0 Å². The van der Waals surface area contributed by atoms with E-state index in [-0.39, 0.29) is 22.6 Å². The van der Waals surface area contributed by atoms with E-state index in [0.29, 0.717) is 19.4 Å². The van der Waals surface area contributed by atoms with Gasteiger partial charge in [0, 0.05) is 24.2 Å². The fourth-order valence-corrected chi connectivity index (χ4v) is 4.48. The zero-order valence-corrected chi connectivity index (χ0v) is 12.5. The number of aliphatic hydroxyl groups excluding tert-OH is 1. The van der Waals surface area contributed by atoms with Crippen LogP contribution < -0.4 is 0 Å². The topological polar surface area (TPSA) is 57.6 Å². The molecular weight excluding hydrogens is 305 g/mol. The van der Waals surface area contributed by atoms with Crippen molar-refractivity contribution < 1.29 is 17.9 Å². The lowest BCUT2D eigenvalue weighted by Gasteiger charge is -2.24. The fourth-order valence-electron chi connectivity index (χ4n) is 2.55. The molecule has 1 atom stereocenters. The largest absolute Gasteiger partial charge is 0.396 e. The zero-order valence-electron chi connectivity index (χ0n) is 10.9. The summed E-state index contributed by atoms with van der Waals surface area (Å²) in [6.45, 7) is 0.417. The summed E-state index contributed by atoms with van der Waals surface area (Å²) >= 11 is 5.65. The number of halogens is 2. The second-order valence-corrected chi connectivity index (χ2v) is 7.15. The van der Waals surface area contributed by atoms with Gasteiger partial charge in [0.1, 0.15) is 10.7 Å². The van der Waals surface area contributed by atoms with Crippen molar-refractivity contribution in [3.8, 4) is 0 Å². The molecule has 1 N–H and O–H groups in total. The number of nitrogens with zero attached hydrogens (tertiary/aromatic N) is 1. The molecule has 7 heteroatoms. The summed E-state index contributed by atoms with van der Waals surface area (Å²) in [6, 6.07) is 3.42. The molecule has 1 saturated heterocycles. The van der Waals surface area contributed by atoms with Gasteiger partial charge >= 0.3 is 0 Å². The molecule has 0 radical (unpaired) electrons. The summed E-state index contributed by atoms with van der Waals surface area (Å²) in [7, 11) is -3.85. The molecule has 0 saturated carbocycles. The van der Waals surface area contributed by atoms with Gasteiger partial charge in [0.05, 0.1) is 0 Å². The average molecular weight is 322 g/mol. The van der Waals surface area contributed by atoms with Crippen LogP contribution in [0.4, 0.5) is 4.39 Å². The van der Waals surface area contributed by atoms with E-state index in [4.69, 9.17) is 16.7 Å². The molecule has 1 aromatic rings. The van der Waals surface area contributed by atoms with Crippen molar-refractivity contribution in [1.29, 1.82) is 0 Å². The molecule has 2 rings (SSSR count). The molecule has 20 heavy (non-hydrogen) atoms. The van der Waals surface area contributed by atoms with Crippen molar-refractivity contribution in [2.45, 2.75) is 36.6 Å². The van der Waals surface area contributed by atoms with Crippen molar-refractivity contribution in [1.82, 2.24) is 4.31 Å². The summed E-state index contributed by atoms with van der Waals surface area (Å²) in [5.74, 6) is -0.828. The van der Waals surface area contributed by atoms with Crippen LogP contribution >= 0.6 is 11.6 Å². The molecule has 1 fully saturated rings. The van der Waals surface area contributed by atoms with Crippen LogP contribution in [0.2, 0.25) is 5.02 Å². The summed E-state index contributed by atoms with van der Waals surface area (Å²) in [5.41, 5.74) is 0. The van der Waals surface area contributed by atoms with Crippen LogP contribution in [-0.4, -0.2) is 37.0 Å². The van der Waals surface area contributed by atoms with Gasteiger partial charge in [-0.05, 0) is 43.9 Å². The van der Waals surface area contributed by atoms with E-state index in [0.717, 1.165) is 18.9 Å². The lowest BCUT2D eigenvalue weighted by atomic mass is 10.1. The number of rotatable bonds is 5. The summed E-state index contributed by atoms with van der Waals surface area (Å²) in [5, 5.41) is 9.03. The maximum absolute atomic E-state index is 13.8. The normalized spacial score (nSPS) is 20.4. The van der Waals surface area contributed by atoms with Gasteiger partial charge in [-0.3, -0.25) is 0 Å². The Hall–Kier alpha value is -0.690. The third-order valence-corrected chi connectivity index (χ3v) is 5.72. The van der Waals surface area contributed by atoms with Crippen molar-refractivity contribution in [2.24, 2.45) is 0 Å². The van der Waals surface area contributed by atoms with Gasteiger partial charge in [-0.1, -0.05) is 11.6 Å². The first kappa shape index (κ1) is 15.7. The third kappa shape index (κ3) is 3.14. The standard InChI is InChI=1S/C13H17ClFNO3S/c14-10-5-6-13(12(15)9-10)20(18,19)16-7-1-3-11(16)4-2-8-17/h5-6,9,11,17H,1-4,7-8H2. The second-order valence-electron chi connectivity index (χ2n) is 4.85. The lowest BCUT2D eigenvalue weighted by Crippen LogP contribution is -2.36. The SMILES string of the molecule is O=S(=O)(c1ccc(Cl)cc1F)N1CCCC1CCCO. The van der Waals surface area contributed by atoms with Crippen LogP contribution in [0.15, 0.2) is 23.1 Å². The predicted octanol–water partition coefficient (Wildman–Crippen LogP) is 2.40. The van der Waals surface area contributed by atoms with Crippen LogP contribution in [-0.2, 0) is 10.0 Å². The third-order valence-electron chi connectivity index (χ3n) is 3.50. The monoisotopic (exact) mass is 321 g/mol. The van der Waals surface area contributed by atoms with Crippen molar-refractivity contribution >= 4 is 21.6 Å². The lowest BCUT2D eigenvalue weighted by molar-refractivity contribution is 0.264. The molecule has 4 nitrogen and oxygen atoms in total. The molecule has 0 amide bonds. The Bertz CT molecular complexity index is 579. The summed E-state index contributed by atoms with van der Waals surface area (Å²) in [6.07, 6.45) is 2.63. The smallest absolute Gasteiger partial charge is 0.246 e. The van der Waals surface area contributed by atoms with Gasteiger partial charge in [0.25, 0.3) is 0 Å². The highest BCUT2D eigenvalue weighted by atomic mass is 35.5. The predicted molar refractivity (Wildman–Crippen MR) is 74.6 cm³/mol. The first-order valence-electron chi connectivity index (χ1n) is 6.54. The maximum Gasteiger partial charge on any atom is 0.246 e. The summed E-state index contributed by atoms with van der Waals surface area (Å²) in [4.78, 5) is -0.335. The molecule has 112 valence electrons. The van der Waals surface area contributed by atoms with E-state index >= 15 is 0 Å². The van der Waals surface area contributed by atoms with Gasteiger partial charge in [-0.15, -0.1) is 0 Å². The molecule has 1 aliphatic heterocycles. The Morgan fingerprint density at radius 3 is 2.85 bits per heavy atom. The fraction of sp³-hybridized carbons (Fsp3) is 0.538. The Balaban J connectivity index is 2.29. The van der Waals surface area contributed by atoms with E-state index in [1.807, 2.05) is 0 Å². The highest BCUT2D eigenvalue weighted by molar-refractivity contribution is 7.89. The number of aliphatic hydroxyl groups is 1.